The zero-order valence-electron chi connectivity index (χ0n) is 12.9. The summed E-state index contributed by atoms with van der Waals surface area (Å²) in [4.78, 5) is 0. The van der Waals surface area contributed by atoms with Crippen LogP contribution in [0.25, 0.3) is 0 Å². The molecule has 0 saturated carbocycles. The summed E-state index contributed by atoms with van der Waals surface area (Å²) in [7, 11) is -3.10. The van der Waals surface area contributed by atoms with Crippen molar-refractivity contribution < 1.29 is 12.3 Å². The molecule has 0 aliphatic carbocycles. The van der Waals surface area contributed by atoms with Crippen LogP contribution in [0.5, 0.6) is 0 Å². The van der Waals surface area contributed by atoms with E-state index in [2.05, 4.69) is 0 Å². The molecule has 1 saturated heterocycles. The van der Waals surface area contributed by atoms with E-state index in [9.17, 15) is 0 Å². The predicted octanol–water partition coefficient (Wildman–Crippen LogP) is 0.731. The summed E-state index contributed by atoms with van der Waals surface area (Å²) < 4.78 is 18.2. The fourth-order valence-electron chi connectivity index (χ4n) is 2.31. The van der Waals surface area contributed by atoms with E-state index in [4.69, 9.17) is 29.5 Å². The molecule has 1 heterocycles. The van der Waals surface area contributed by atoms with E-state index in [0.29, 0.717) is 0 Å². The molecule has 0 bridgehead atoms. The van der Waals surface area contributed by atoms with Crippen molar-refractivity contribution in [3.8, 4) is 0 Å². The third kappa shape index (κ3) is 8.00. The van der Waals surface area contributed by atoms with E-state index in [1.165, 1.54) is 0 Å². The monoisotopic (exact) mass is 348 g/mol. The third-order valence-corrected chi connectivity index (χ3v) is 12.0. The maximum atomic E-state index is 6.39. The summed E-state index contributed by atoms with van der Waals surface area (Å²) in [5.74, 6) is 0. The van der Waals surface area contributed by atoms with Gasteiger partial charge in [0.05, 0.1) is 0 Å². The number of hydrogen-bond donors (Lipinski definition) is 3. The molecule has 6 nitrogen and oxygen atoms in total. The first kappa shape index (κ1) is 19.5. The van der Waals surface area contributed by atoms with Gasteiger partial charge in [-0.05, 0) is 57.0 Å². The van der Waals surface area contributed by atoms with E-state index >= 15 is 0 Å². The number of hydrogen-bond acceptors (Lipinski definition) is 6. The highest BCUT2D eigenvalue weighted by Gasteiger charge is 2.43. The van der Waals surface area contributed by atoms with Crippen LogP contribution in [0.1, 0.15) is 38.5 Å². The highest BCUT2D eigenvalue weighted by atomic mass is 28.5. The minimum absolute atomic E-state index is 0.157. The smallest absolute Gasteiger partial charge is 0.413 e. The lowest BCUT2D eigenvalue weighted by Gasteiger charge is -2.38. The van der Waals surface area contributed by atoms with Crippen LogP contribution in [0.15, 0.2) is 0 Å². The van der Waals surface area contributed by atoms with Crippen molar-refractivity contribution in [2.45, 2.75) is 56.7 Å². The SMILES string of the molecule is NCCCC[Si]1O[Si]O[Si](CCCCN)(CCCCN)O1. The standard InChI is InChI=1S/C12H30N3O3Si3/c13-7-1-4-10-20-16-19-17-21(18-20,11-5-2-8-14)12-6-3-9-15/h1-15H2. The zero-order chi connectivity index (χ0) is 15.4. The van der Waals surface area contributed by atoms with E-state index in [1.54, 1.807) is 0 Å². The van der Waals surface area contributed by atoms with Crippen LogP contribution >= 0.6 is 0 Å². The highest BCUT2D eigenvalue weighted by molar-refractivity contribution is 6.80. The maximum Gasteiger partial charge on any atom is 0.413 e. The van der Waals surface area contributed by atoms with Gasteiger partial charge >= 0.3 is 27.9 Å². The quantitative estimate of drug-likeness (QED) is 0.355. The van der Waals surface area contributed by atoms with Gasteiger partial charge in [-0.15, -0.1) is 0 Å². The highest BCUT2D eigenvalue weighted by Crippen LogP contribution is 2.29. The van der Waals surface area contributed by atoms with E-state index in [-0.39, 0.29) is 10.0 Å². The van der Waals surface area contributed by atoms with Crippen LogP contribution < -0.4 is 17.2 Å². The van der Waals surface area contributed by atoms with E-state index in [0.717, 1.165) is 76.3 Å². The lowest BCUT2D eigenvalue weighted by Crippen LogP contribution is -2.54. The molecule has 1 aliphatic heterocycles. The maximum absolute atomic E-state index is 6.39. The lowest BCUT2D eigenvalue weighted by molar-refractivity contribution is 0.268. The van der Waals surface area contributed by atoms with Crippen LogP contribution in [-0.2, 0) is 12.3 Å². The molecule has 21 heavy (non-hydrogen) atoms. The van der Waals surface area contributed by atoms with Gasteiger partial charge in [0.15, 0.2) is 0 Å². The molecule has 1 fully saturated rings. The summed E-state index contributed by atoms with van der Waals surface area (Å²) >= 11 is 0. The molecule has 6 N–H and O–H groups in total. The molecule has 3 radical (unpaired) electrons. The van der Waals surface area contributed by atoms with E-state index < -0.39 is 17.8 Å². The van der Waals surface area contributed by atoms with Crippen LogP contribution in [0.4, 0.5) is 0 Å². The molecule has 0 aromatic carbocycles. The molecular weight excluding hydrogens is 318 g/mol. The number of unbranched alkanes of at least 4 members (excludes halogenated alkanes) is 3. The van der Waals surface area contributed by atoms with E-state index in [1.807, 2.05) is 0 Å². The van der Waals surface area contributed by atoms with Crippen molar-refractivity contribution in [1.29, 1.82) is 0 Å². The van der Waals surface area contributed by atoms with Gasteiger partial charge in [0, 0.05) is 0 Å². The molecule has 0 aromatic rings. The van der Waals surface area contributed by atoms with Crippen molar-refractivity contribution in [3.63, 3.8) is 0 Å². The molecule has 123 valence electrons. The molecular formula is C12H30N3O3Si3. The van der Waals surface area contributed by atoms with Gasteiger partial charge in [0.2, 0.25) is 0 Å². The fourth-order valence-corrected chi connectivity index (χ4v) is 11.4. The van der Waals surface area contributed by atoms with Crippen molar-refractivity contribution in [3.05, 3.63) is 0 Å². The van der Waals surface area contributed by atoms with Gasteiger partial charge in [-0.1, -0.05) is 19.3 Å². The Balaban J connectivity index is 2.48. The Morgan fingerprint density at radius 1 is 0.810 bits per heavy atom. The minimum atomic E-state index is -2.09. The summed E-state index contributed by atoms with van der Waals surface area (Å²) in [6.45, 7) is 2.21. The van der Waals surface area contributed by atoms with Gasteiger partial charge < -0.3 is 29.5 Å². The first-order valence-electron chi connectivity index (χ1n) is 8.01. The molecule has 0 spiro atoms. The van der Waals surface area contributed by atoms with Crippen LogP contribution in [0, 0.1) is 0 Å². The molecule has 0 aromatic heterocycles. The van der Waals surface area contributed by atoms with Gasteiger partial charge in [-0.3, -0.25) is 0 Å². The zero-order valence-corrected chi connectivity index (χ0v) is 15.9. The molecule has 0 amide bonds. The van der Waals surface area contributed by atoms with Crippen LogP contribution in [0.2, 0.25) is 18.1 Å². The Labute approximate surface area is 134 Å². The first-order chi connectivity index (χ1) is 10.3. The topological polar surface area (TPSA) is 106 Å². The first-order valence-corrected chi connectivity index (χ1v) is 12.6. The Bertz CT molecular complexity index is 255. The average molecular weight is 349 g/mol. The fraction of sp³-hybridized carbons (Fsp3) is 1.00. The second-order valence-corrected chi connectivity index (χ2v) is 12.1. The van der Waals surface area contributed by atoms with Crippen LogP contribution in [0.3, 0.4) is 0 Å². The second kappa shape index (κ2) is 11.9. The molecule has 1 aliphatic rings. The normalized spacial score (nSPS) is 19.0. The Morgan fingerprint density at radius 3 is 1.95 bits per heavy atom. The lowest BCUT2D eigenvalue weighted by atomic mass is 10.3. The summed E-state index contributed by atoms with van der Waals surface area (Å²) in [5.41, 5.74) is 16.8. The molecule has 9 heteroatoms. The number of nitrogens with two attached hydrogens (primary N) is 3. The minimum Gasteiger partial charge on any atom is -0.414 e. The van der Waals surface area contributed by atoms with Crippen molar-refractivity contribution >= 4 is 27.9 Å². The largest absolute Gasteiger partial charge is 0.414 e. The van der Waals surface area contributed by atoms with Gasteiger partial charge in [-0.2, -0.15) is 0 Å². The Kier molecular flexibility index (Phi) is 11.0. The Hall–Kier alpha value is 0.411. The summed E-state index contributed by atoms with van der Waals surface area (Å²) in [6.07, 6.45) is 6.39. The van der Waals surface area contributed by atoms with Crippen molar-refractivity contribution in [2.24, 2.45) is 17.2 Å². The van der Waals surface area contributed by atoms with Gasteiger partial charge in [-0.25, -0.2) is 0 Å². The van der Waals surface area contributed by atoms with Gasteiger partial charge in [0.25, 0.3) is 0 Å². The average Bonchev–Trinajstić information content (AvgIpc) is 2.49. The van der Waals surface area contributed by atoms with Crippen molar-refractivity contribution in [1.82, 2.24) is 0 Å². The third-order valence-electron chi connectivity index (χ3n) is 3.54. The second-order valence-electron chi connectivity index (χ2n) is 5.41. The Morgan fingerprint density at radius 2 is 1.38 bits per heavy atom. The summed E-state index contributed by atoms with van der Waals surface area (Å²) in [5, 5.41) is 0. The molecule has 0 atom stereocenters. The van der Waals surface area contributed by atoms with Crippen LogP contribution in [-0.4, -0.2) is 47.5 Å². The predicted molar refractivity (Wildman–Crippen MR) is 89.8 cm³/mol. The molecule has 0 unspecified atom stereocenters. The van der Waals surface area contributed by atoms with Gasteiger partial charge in [0.1, 0.15) is 0 Å². The molecule has 1 rings (SSSR count). The summed E-state index contributed by atoms with van der Waals surface area (Å²) in [6, 6.07) is 3.09. The number of rotatable bonds is 12. The van der Waals surface area contributed by atoms with Crippen molar-refractivity contribution in [2.75, 3.05) is 19.6 Å².